The van der Waals surface area contributed by atoms with Gasteiger partial charge in [-0.25, -0.2) is 0 Å². The third-order valence-electron chi connectivity index (χ3n) is 16.4. The Morgan fingerprint density at radius 3 is 2.28 bits per heavy atom. The number of oxime groups is 1. The van der Waals surface area contributed by atoms with Crippen molar-refractivity contribution in [3.63, 3.8) is 0 Å². The minimum absolute atomic E-state index is 0.0584. The number of allylic oxidation sites excluding steroid dienone is 1. The van der Waals surface area contributed by atoms with Gasteiger partial charge in [-0.2, -0.15) is 0 Å². The van der Waals surface area contributed by atoms with Crippen molar-refractivity contribution >= 4 is 33.2 Å². The number of rotatable bonds is 28. The van der Waals surface area contributed by atoms with Gasteiger partial charge in [0.1, 0.15) is 23.3 Å². The zero-order chi connectivity index (χ0) is 51.8. The van der Waals surface area contributed by atoms with Gasteiger partial charge >= 0.3 is 0 Å². The quantitative estimate of drug-likeness (QED) is 0.0289. The van der Waals surface area contributed by atoms with Crippen molar-refractivity contribution in [2.45, 2.75) is 166 Å². The van der Waals surface area contributed by atoms with Crippen molar-refractivity contribution in [2.24, 2.45) is 22.9 Å². The zero-order valence-corrected chi connectivity index (χ0v) is 44.6. The number of carbonyl (C=O) groups excluding carboxylic acids is 1. The van der Waals surface area contributed by atoms with E-state index in [0.29, 0.717) is 50.3 Å². The van der Waals surface area contributed by atoms with Gasteiger partial charge in [0.25, 0.3) is 0 Å². The summed E-state index contributed by atoms with van der Waals surface area (Å²) in [6, 6.07) is 34.8. The Kier molecular flexibility index (Phi) is 19.5. The van der Waals surface area contributed by atoms with Crippen LogP contribution in [0.4, 0.5) is 0 Å². The van der Waals surface area contributed by atoms with Crippen LogP contribution in [0.25, 0.3) is 21.5 Å². The fourth-order valence-corrected chi connectivity index (χ4v) is 12.7. The van der Waals surface area contributed by atoms with Crippen molar-refractivity contribution in [3.05, 3.63) is 139 Å². The topological polar surface area (TPSA) is 119 Å². The van der Waals surface area contributed by atoms with Crippen molar-refractivity contribution in [1.29, 1.82) is 0 Å². The van der Waals surface area contributed by atoms with Crippen LogP contribution in [-0.2, 0) is 25.7 Å². The molecule has 400 valence electrons. The van der Waals surface area contributed by atoms with E-state index in [2.05, 4.69) is 97.3 Å². The average Bonchev–Trinajstić information content (AvgIpc) is 3.50. The maximum Gasteiger partial charge on any atom is 0.239 e. The van der Waals surface area contributed by atoms with Crippen LogP contribution in [-0.4, -0.2) is 71.3 Å². The standard InChI is InChI=1S/C65H82N2O8/c1-3-5-6-7-8-9-10-11-12-32-61(70)67(46-51-29-23-28-48-25-15-16-30-54(48)51)60-45-58(66-75-62-33-19-22-41-71-62)56-43-50(27-17-20-38-68)55(31-18-21-39-69)63-57-44-53(73-52-35-34-47-24-13-14-26-49(47)42-52)36-37-59(57)74-65(60,64(56)63)72-40-4-2/h4,13-16,23-26,28-30,34-37,42-44,50,55,60,62-64,68-69H,2-3,5-12,17-22,27,31-33,38-41,45-46H2,1H3/t50-,55+,60-,62?,63+,64+,65+/m0/s1. The number of aliphatic hydroxyl groups excluding tert-OH is 2. The molecular formula is C65H82N2O8. The molecule has 0 bridgehead atoms. The van der Waals surface area contributed by atoms with Crippen molar-refractivity contribution < 1.29 is 38.8 Å². The van der Waals surface area contributed by atoms with Crippen LogP contribution in [0.5, 0.6) is 17.2 Å². The second-order valence-corrected chi connectivity index (χ2v) is 21.5. The summed E-state index contributed by atoms with van der Waals surface area (Å²) in [4.78, 5) is 24.2. The van der Waals surface area contributed by atoms with E-state index in [1.165, 1.54) is 38.5 Å². The van der Waals surface area contributed by atoms with Gasteiger partial charge in [-0.3, -0.25) is 4.79 Å². The molecule has 7 atom stereocenters. The van der Waals surface area contributed by atoms with Gasteiger partial charge in [-0.05, 0) is 120 Å². The predicted molar refractivity (Wildman–Crippen MR) is 300 cm³/mol. The molecule has 2 aliphatic heterocycles. The molecule has 2 fully saturated rings. The van der Waals surface area contributed by atoms with E-state index in [1.807, 2.05) is 30.3 Å². The van der Waals surface area contributed by atoms with Gasteiger partial charge in [0.2, 0.25) is 18.0 Å². The monoisotopic (exact) mass is 1020 g/mol. The Hall–Kier alpha value is -5.52. The summed E-state index contributed by atoms with van der Waals surface area (Å²) in [5, 5.41) is 29.9. The number of aliphatic hydroxyl groups is 2. The number of fused-ring (bicyclic) bond motifs is 4. The number of carbonyl (C=O) groups is 1. The maximum atomic E-state index is 15.7. The molecule has 10 heteroatoms. The highest BCUT2D eigenvalue weighted by atomic mass is 16.8. The Balaban J connectivity index is 1.19. The smallest absolute Gasteiger partial charge is 0.239 e. The van der Waals surface area contributed by atoms with E-state index in [9.17, 15) is 10.2 Å². The van der Waals surface area contributed by atoms with Crippen LogP contribution in [0.1, 0.15) is 152 Å². The Morgan fingerprint density at radius 2 is 1.51 bits per heavy atom. The van der Waals surface area contributed by atoms with E-state index < -0.39 is 24.0 Å². The first kappa shape index (κ1) is 54.3. The first-order valence-electron chi connectivity index (χ1n) is 28.7. The molecule has 0 aromatic heterocycles. The molecular weight excluding hydrogens is 937 g/mol. The molecule has 1 saturated carbocycles. The molecule has 2 heterocycles. The summed E-state index contributed by atoms with van der Waals surface area (Å²) in [7, 11) is 0. The summed E-state index contributed by atoms with van der Waals surface area (Å²) in [5.74, 6) is 0.326. The van der Waals surface area contributed by atoms with Gasteiger partial charge < -0.3 is 38.9 Å². The lowest BCUT2D eigenvalue weighted by molar-refractivity contribution is -0.258. The third kappa shape index (κ3) is 13.0. The lowest BCUT2D eigenvalue weighted by Crippen LogP contribution is -2.70. The summed E-state index contributed by atoms with van der Waals surface area (Å²) in [5.41, 5.74) is 3.85. The van der Waals surface area contributed by atoms with E-state index in [-0.39, 0.29) is 43.5 Å². The summed E-state index contributed by atoms with van der Waals surface area (Å²) in [6.07, 6.45) is 22.3. The minimum atomic E-state index is -1.39. The molecule has 10 nitrogen and oxygen atoms in total. The molecule has 0 spiro atoms. The number of hydrogen-bond acceptors (Lipinski definition) is 9. The molecule has 75 heavy (non-hydrogen) atoms. The van der Waals surface area contributed by atoms with Crippen molar-refractivity contribution in [1.82, 2.24) is 4.90 Å². The highest BCUT2D eigenvalue weighted by Crippen LogP contribution is 2.62. The van der Waals surface area contributed by atoms with Crippen LogP contribution in [0.2, 0.25) is 0 Å². The molecule has 9 rings (SSSR count). The molecule has 1 amide bonds. The van der Waals surface area contributed by atoms with E-state index in [0.717, 1.165) is 114 Å². The fraction of sp³-hybridized carbons (Fsp3) is 0.508. The highest BCUT2D eigenvalue weighted by Gasteiger charge is 2.65. The first-order valence-corrected chi connectivity index (χ1v) is 28.7. The van der Waals surface area contributed by atoms with Crippen LogP contribution < -0.4 is 9.47 Å². The van der Waals surface area contributed by atoms with Crippen molar-refractivity contribution in [2.75, 3.05) is 26.4 Å². The van der Waals surface area contributed by atoms with E-state index in [1.54, 1.807) is 6.08 Å². The van der Waals surface area contributed by atoms with Crippen LogP contribution in [0.3, 0.4) is 0 Å². The number of unbranched alkanes of at least 4 members (excludes halogenated alkanes) is 10. The summed E-state index contributed by atoms with van der Waals surface area (Å²) < 4.78 is 28.0. The molecule has 4 aliphatic rings. The molecule has 1 saturated heterocycles. The second kappa shape index (κ2) is 27.0. The lowest BCUT2D eigenvalue weighted by atomic mass is 9.55. The third-order valence-corrected chi connectivity index (χ3v) is 16.4. The number of hydrogen-bond donors (Lipinski definition) is 2. The summed E-state index contributed by atoms with van der Waals surface area (Å²) >= 11 is 0. The van der Waals surface area contributed by atoms with Crippen LogP contribution >= 0.6 is 0 Å². The fourth-order valence-electron chi connectivity index (χ4n) is 12.7. The van der Waals surface area contributed by atoms with Gasteiger partial charge in [-0.1, -0.05) is 161 Å². The number of amides is 1. The molecule has 5 aromatic carbocycles. The van der Waals surface area contributed by atoms with Gasteiger partial charge in [0, 0.05) is 50.5 Å². The lowest BCUT2D eigenvalue weighted by Gasteiger charge is -2.60. The largest absolute Gasteiger partial charge is 0.459 e. The average molecular weight is 1020 g/mol. The van der Waals surface area contributed by atoms with E-state index in [4.69, 9.17) is 28.9 Å². The summed E-state index contributed by atoms with van der Waals surface area (Å²) in [6.45, 7) is 7.82. The molecule has 2 aliphatic carbocycles. The number of nitrogens with zero attached hydrogens (tertiary/aromatic N) is 2. The van der Waals surface area contributed by atoms with Gasteiger partial charge in [0.05, 0.1) is 24.8 Å². The van der Waals surface area contributed by atoms with Crippen LogP contribution in [0, 0.1) is 17.8 Å². The SMILES string of the molecule is C=CCO[C@@]12Oc3ccc(Oc4ccc5ccccc5c4)cc3[C@H]3[C@H](CCCCO)[C@@H](CCCCO)C=C(C(=NOC4CCCCO4)C[C@@H]1N(Cc1cccc4ccccc14)C(=O)CCCCCCCCCCC)[C@H]32. The zero-order valence-electron chi connectivity index (χ0n) is 44.6. The highest BCUT2D eigenvalue weighted by molar-refractivity contribution is 6.03. The number of benzene rings is 5. The predicted octanol–water partition coefficient (Wildman–Crippen LogP) is 14.9. The second-order valence-electron chi connectivity index (χ2n) is 21.5. The molecule has 1 unspecified atom stereocenters. The molecule has 2 N–H and O–H groups in total. The molecule has 5 aromatic rings. The maximum absolute atomic E-state index is 15.7. The molecule has 0 radical (unpaired) electrons. The van der Waals surface area contributed by atoms with Gasteiger partial charge in [-0.15, -0.1) is 6.58 Å². The minimum Gasteiger partial charge on any atom is -0.459 e. The van der Waals surface area contributed by atoms with Crippen LogP contribution in [0.15, 0.2) is 133 Å². The Morgan fingerprint density at radius 1 is 0.787 bits per heavy atom. The van der Waals surface area contributed by atoms with Crippen molar-refractivity contribution in [3.8, 4) is 17.2 Å². The van der Waals surface area contributed by atoms with E-state index >= 15 is 4.79 Å². The Bertz CT molecular complexity index is 2710. The first-order chi connectivity index (χ1) is 36.9. The van der Waals surface area contributed by atoms with Gasteiger partial charge in [0.15, 0.2) is 0 Å². The number of ether oxygens (including phenoxy) is 4. The normalized spacial score (nSPS) is 23.5. The Labute approximate surface area is 446 Å².